The number of ether oxygens (including phenoxy) is 1. The Morgan fingerprint density at radius 2 is 1.73 bits per heavy atom. The van der Waals surface area contributed by atoms with Crippen LogP contribution in [-0.4, -0.2) is 27.3 Å². The van der Waals surface area contributed by atoms with E-state index in [0.717, 1.165) is 12.1 Å². The summed E-state index contributed by atoms with van der Waals surface area (Å²) in [6.07, 6.45) is -4.42. The van der Waals surface area contributed by atoms with E-state index in [-0.39, 0.29) is 17.8 Å². The number of nitrogens with zero attached hydrogens (tertiary/aromatic N) is 3. The third kappa shape index (κ3) is 4.79. The monoisotopic (exact) mass is 418 g/mol. The van der Waals surface area contributed by atoms with Gasteiger partial charge in [-0.1, -0.05) is 26.0 Å². The van der Waals surface area contributed by atoms with Gasteiger partial charge in [0.2, 0.25) is 5.91 Å². The Hall–Kier alpha value is -3.36. The first-order chi connectivity index (χ1) is 14.2. The first-order valence-corrected chi connectivity index (χ1v) is 9.38. The fraction of sp³-hybridized carbons (Fsp3) is 0.286. The van der Waals surface area contributed by atoms with E-state index in [1.54, 1.807) is 45.0 Å². The molecule has 1 N–H and O–H groups in total. The fourth-order valence-electron chi connectivity index (χ4n) is 2.63. The molecule has 0 saturated carbocycles. The number of nitrogens with one attached hydrogen (secondary N) is 1. The van der Waals surface area contributed by atoms with E-state index in [9.17, 15) is 18.0 Å². The van der Waals surface area contributed by atoms with E-state index in [0.29, 0.717) is 29.4 Å². The van der Waals surface area contributed by atoms with Crippen molar-refractivity contribution < 1.29 is 22.7 Å². The average Bonchev–Trinajstić information content (AvgIpc) is 3.12. The molecule has 6 nitrogen and oxygen atoms in total. The topological polar surface area (TPSA) is 69.0 Å². The van der Waals surface area contributed by atoms with Crippen molar-refractivity contribution in [3.63, 3.8) is 0 Å². The zero-order chi connectivity index (χ0) is 21.9. The lowest BCUT2D eigenvalue weighted by Crippen LogP contribution is -2.17. The number of hydrogen-bond donors (Lipinski definition) is 1. The Morgan fingerprint density at radius 3 is 2.27 bits per heavy atom. The molecule has 2 aromatic carbocycles. The van der Waals surface area contributed by atoms with Gasteiger partial charge < -0.3 is 10.1 Å². The molecule has 158 valence electrons. The van der Waals surface area contributed by atoms with E-state index in [4.69, 9.17) is 4.74 Å². The standard InChI is InChI=1S/C21H21F3N4O2/c1-4-30-20-26-18(14-5-7-15(8-6-14)21(22,23)24)28(27-20)17-11-9-16(10-12-17)25-19(29)13(2)3/h5-13H,4H2,1-3H3,(H,25,29). The van der Waals surface area contributed by atoms with Crippen LogP contribution in [0.2, 0.25) is 0 Å². The van der Waals surface area contributed by atoms with Gasteiger partial charge in [-0.3, -0.25) is 4.79 Å². The lowest BCUT2D eigenvalue weighted by Gasteiger charge is -2.10. The van der Waals surface area contributed by atoms with Crippen molar-refractivity contribution in [2.24, 2.45) is 5.92 Å². The Labute approximate surface area is 171 Å². The second-order valence-corrected chi connectivity index (χ2v) is 6.83. The number of halogens is 3. The van der Waals surface area contributed by atoms with Crippen molar-refractivity contribution in [2.75, 3.05) is 11.9 Å². The summed E-state index contributed by atoms with van der Waals surface area (Å²) in [5.74, 6) is 0.0822. The molecular weight excluding hydrogens is 397 g/mol. The van der Waals surface area contributed by atoms with Crippen molar-refractivity contribution in [3.8, 4) is 23.1 Å². The zero-order valence-electron chi connectivity index (χ0n) is 16.7. The van der Waals surface area contributed by atoms with Gasteiger partial charge in [0.05, 0.1) is 17.9 Å². The van der Waals surface area contributed by atoms with Gasteiger partial charge in [-0.2, -0.15) is 18.2 Å². The normalized spacial score (nSPS) is 11.6. The molecule has 0 spiro atoms. The maximum atomic E-state index is 12.9. The lowest BCUT2D eigenvalue weighted by molar-refractivity contribution is -0.137. The van der Waals surface area contributed by atoms with Gasteiger partial charge in [0.15, 0.2) is 5.82 Å². The molecule has 9 heteroatoms. The van der Waals surface area contributed by atoms with Crippen LogP contribution < -0.4 is 10.1 Å². The highest BCUT2D eigenvalue weighted by atomic mass is 19.4. The summed E-state index contributed by atoms with van der Waals surface area (Å²) >= 11 is 0. The van der Waals surface area contributed by atoms with Crippen LogP contribution in [0.15, 0.2) is 48.5 Å². The first-order valence-electron chi connectivity index (χ1n) is 9.38. The Balaban J connectivity index is 1.96. The molecule has 1 heterocycles. The average molecular weight is 418 g/mol. The number of carbonyl (C=O) groups excluding carboxylic acids is 1. The highest BCUT2D eigenvalue weighted by molar-refractivity contribution is 5.92. The molecule has 0 fully saturated rings. The number of anilines is 1. The smallest absolute Gasteiger partial charge is 0.416 e. The minimum Gasteiger partial charge on any atom is -0.463 e. The van der Waals surface area contributed by atoms with Crippen LogP contribution >= 0.6 is 0 Å². The number of aromatic nitrogens is 3. The van der Waals surface area contributed by atoms with Gasteiger partial charge in [-0.25, -0.2) is 4.68 Å². The highest BCUT2D eigenvalue weighted by Gasteiger charge is 2.30. The van der Waals surface area contributed by atoms with Crippen LogP contribution in [0.5, 0.6) is 6.01 Å². The summed E-state index contributed by atoms with van der Waals surface area (Å²) in [7, 11) is 0. The third-order valence-electron chi connectivity index (χ3n) is 4.24. The molecule has 30 heavy (non-hydrogen) atoms. The number of hydrogen-bond acceptors (Lipinski definition) is 4. The molecule has 1 aromatic heterocycles. The van der Waals surface area contributed by atoms with Crippen molar-refractivity contribution in [1.29, 1.82) is 0 Å². The number of rotatable bonds is 6. The molecule has 0 unspecified atom stereocenters. The van der Waals surface area contributed by atoms with Gasteiger partial charge in [0.1, 0.15) is 0 Å². The largest absolute Gasteiger partial charge is 0.463 e. The van der Waals surface area contributed by atoms with E-state index in [2.05, 4.69) is 15.4 Å². The van der Waals surface area contributed by atoms with Crippen molar-refractivity contribution in [2.45, 2.75) is 26.9 Å². The van der Waals surface area contributed by atoms with Gasteiger partial charge in [-0.15, -0.1) is 5.10 Å². The molecule has 0 atom stereocenters. The maximum Gasteiger partial charge on any atom is 0.416 e. The van der Waals surface area contributed by atoms with Crippen LogP contribution in [-0.2, 0) is 11.0 Å². The zero-order valence-corrected chi connectivity index (χ0v) is 16.7. The van der Waals surface area contributed by atoms with Gasteiger partial charge >= 0.3 is 12.2 Å². The summed E-state index contributed by atoms with van der Waals surface area (Å²) in [5, 5.41) is 7.11. The van der Waals surface area contributed by atoms with Crippen LogP contribution in [0.4, 0.5) is 18.9 Å². The molecule has 0 radical (unpaired) electrons. The molecule has 1 amide bonds. The Morgan fingerprint density at radius 1 is 1.10 bits per heavy atom. The minimum atomic E-state index is -4.42. The summed E-state index contributed by atoms with van der Waals surface area (Å²) in [4.78, 5) is 16.2. The van der Waals surface area contributed by atoms with E-state index < -0.39 is 11.7 Å². The van der Waals surface area contributed by atoms with Crippen LogP contribution in [0.1, 0.15) is 26.3 Å². The minimum absolute atomic E-state index is 0.104. The lowest BCUT2D eigenvalue weighted by atomic mass is 10.1. The van der Waals surface area contributed by atoms with Gasteiger partial charge in [-0.05, 0) is 43.3 Å². The summed E-state index contributed by atoms with van der Waals surface area (Å²) in [6, 6.07) is 11.7. The molecule has 0 aliphatic heterocycles. The van der Waals surface area contributed by atoms with E-state index >= 15 is 0 Å². The number of carbonyl (C=O) groups is 1. The Bertz CT molecular complexity index is 1010. The van der Waals surface area contributed by atoms with E-state index in [1.807, 2.05) is 0 Å². The summed E-state index contributed by atoms with van der Waals surface area (Å²) < 4.78 is 45.5. The summed E-state index contributed by atoms with van der Waals surface area (Å²) in [5.41, 5.74) is 0.954. The molecule has 0 bridgehead atoms. The van der Waals surface area contributed by atoms with E-state index in [1.165, 1.54) is 16.8 Å². The molecule has 0 aliphatic rings. The predicted molar refractivity (Wildman–Crippen MR) is 106 cm³/mol. The summed E-state index contributed by atoms with van der Waals surface area (Å²) in [6.45, 7) is 5.72. The SMILES string of the molecule is CCOc1nc(-c2ccc(C(F)(F)F)cc2)n(-c2ccc(NC(=O)C(C)C)cc2)n1. The van der Waals surface area contributed by atoms with Crippen molar-refractivity contribution >= 4 is 11.6 Å². The molecular formula is C21H21F3N4O2. The highest BCUT2D eigenvalue weighted by Crippen LogP contribution is 2.31. The quantitative estimate of drug-likeness (QED) is 0.615. The molecule has 3 rings (SSSR count). The van der Waals surface area contributed by atoms with Gasteiger partial charge in [0, 0.05) is 17.2 Å². The third-order valence-corrected chi connectivity index (χ3v) is 4.24. The number of benzene rings is 2. The van der Waals surface area contributed by atoms with Crippen LogP contribution in [0.25, 0.3) is 17.1 Å². The molecule has 3 aromatic rings. The van der Waals surface area contributed by atoms with Gasteiger partial charge in [0.25, 0.3) is 0 Å². The second kappa shape index (κ2) is 8.56. The predicted octanol–water partition coefficient (Wildman–Crippen LogP) is 4.95. The van der Waals surface area contributed by atoms with Crippen LogP contribution in [0.3, 0.4) is 0 Å². The fourth-order valence-corrected chi connectivity index (χ4v) is 2.63. The Kier molecular flexibility index (Phi) is 6.09. The van der Waals surface area contributed by atoms with Crippen molar-refractivity contribution in [1.82, 2.24) is 14.8 Å². The second-order valence-electron chi connectivity index (χ2n) is 6.83. The van der Waals surface area contributed by atoms with Crippen LogP contribution in [0, 0.1) is 5.92 Å². The van der Waals surface area contributed by atoms with Crippen molar-refractivity contribution in [3.05, 3.63) is 54.1 Å². The molecule has 0 aliphatic carbocycles. The maximum absolute atomic E-state index is 12.9. The number of amides is 1. The molecule has 0 saturated heterocycles. The first kappa shape index (κ1) is 21.4. The number of alkyl halides is 3.